The van der Waals surface area contributed by atoms with E-state index in [4.69, 9.17) is 23.7 Å². The third kappa shape index (κ3) is 9.39. The van der Waals surface area contributed by atoms with Crippen molar-refractivity contribution in [2.24, 2.45) is 7.05 Å². The van der Waals surface area contributed by atoms with Crippen LogP contribution in [0.15, 0.2) is 18.7 Å². The number of aliphatic hydroxyl groups is 1. The summed E-state index contributed by atoms with van der Waals surface area (Å²) in [6.45, 7) is 0.884. The van der Waals surface area contributed by atoms with Crippen LogP contribution in [0, 0.1) is 10.2 Å². The van der Waals surface area contributed by atoms with Gasteiger partial charge in [0.05, 0.1) is 13.7 Å². The number of aromatic nitrogens is 2. The zero-order valence-electron chi connectivity index (χ0n) is 7.50. The van der Waals surface area contributed by atoms with E-state index in [9.17, 15) is 0 Å². The summed E-state index contributed by atoms with van der Waals surface area (Å²) in [4.78, 5) is 0. The maximum Gasteiger partial charge on any atom is 0.243 e. The first-order chi connectivity index (χ1) is 6.33. The van der Waals surface area contributed by atoms with Crippen molar-refractivity contribution in [3.05, 3.63) is 18.7 Å². The van der Waals surface area contributed by atoms with E-state index in [1.54, 1.807) is 0 Å². The highest BCUT2D eigenvalue weighted by Crippen LogP contribution is 1.80. The Morgan fingerprint density at radius 1 is 1.36 bits per heavy atom. The second kappa shape index (κ2) is 5.91. The summed E-state index contributed by atoms with van der Waals surface area (Å²) < 4.78 is 37.8. The predicted molar refractivity (Wildman–Crippen MR) is 32.7 cm³/mol. The molecule has 82 valence electrons. The summed E-state index contributed by atoms with van der Waals surface area (Å²) in [5.41, 5.74) is 0. The van der Waals surface area contributed by atoms with Crippen LogP contribution in [0.2, 0.25) is 0 Å². The molecule has 1 N–H and O–H groups in total. The monoisotopic (exact) mass is 226 g/mol. The fourth-order valence-electron chi connectivity index (χ4n) is 0.749. The highest BCUT2D eigenvalue weighted by Gasteiger charge is 1.95. The molecule has 1 heterocycles. The topological polar surface area (TPSA) is 121 Å². The highest BCUT2D eigenvalue weighted by atomic mass is 35.7. The normalized spacial score (nSPS) is 10.7. The largest absolute Gasteiger partial charge is 0.392 e. The van der Waals surface area contributed by atoms with Crippen LogP contribution in [0.5, 0.6) is 0 Å². The van der Waals surface area contributed by atoms with Crippen molar-refractivity contribution >= 4 is 0 Å². The molecule has 0 unspecified atom stereocenters. The second-order valence-electron chi connectivity index (χ2n) is 2.42. The SMILES string of the molecule is C[n+]1ccn(CCO)c1.[O-][Cl+3]([O-])([O-])[O-]. The van der Waals surface area contributed by atoms with E-state index in [1.165, 1.54) is 0 Å². The molecule has 0 aromatic carbocycles. The molecule has 0 saturated carbocycles. The first-order valence-electron chi connectivity index (χ1n) is 3.56. The number of hydrogen-bond acceptors (Lipinski definition) is 5. The Morgan fingerprint density at radius 3 is 2.14 bits per heavy atom. The van der Waals surface area contributed by atoms with Crippen molar-refractivity contribution < 1.29 is 38.6 Å². The van der Waals surface area contributed by atoms with E-state index >= 15 is 0 Å². The van der Waals surface area contributed by atoms with Gasteiger partial charge in [0.15, 0.2) is 0 Å². The average Bonchev–Trinajstić information content (AvgIpc) is 2.32. The molecule has 0 radical (unpaired) electrons. The van der Waals surface area contributed by atoms with Crippen molar-refractivity contribution in [1.82, 2.24) is 4.57 Å². The third-order valence-electron chi connectivity index (χ3n) is 1.18. The number of rotatable bonds is 2. The fourth-order valence-corrected chi connectivity index (χ4v) is 0.749. The summed E-state index contributed by atoms with van der Waals surface area (Å²) in [6, 6.07) is 0. The minimum Gasteiger partial charge on any atom is -0.392 e. The molecule has 0 aliphatic heterocycles. The van der Waals surface area contributed by atoms with E-state index in [-0.39, 0.29) is 6.61 Å². The van der Waals surface area contributed by atoms with Crippen LogP contribution < -0.4 is 23.2 Å². The van der Waals surface area contributed by atoms with Gasteiger partial charge in [-0.2, -0.15) is 0 Å². The Hall–Kier alpha value is -0.700. The van der Waals surface area contributed by atoms with Crippen molar-refractivity contribution in [2.45, 2.75) is 6.54 Å². The van der Waals surface area contributed by atoms with Crippen LogP contribution in [-0.4, -0.2) is 16.3 Å². The molecule has 0 fully saturated rings. The Bertz CT molecular complexity index is 253. The molecule has 7 nitrogen and oxygen atoms in total. The van der Waals surface area contributed by atoms with E-state index in [1.807, 2.05) is 34.9 Å². The smallest absolute Gasteiger partial charge is 0.243 e. The lowest BCUT2D eigenvalue weighted by atomic mass is 10.7. The van der Waals surface area contributed by atoms with Crippen molar-refractivity contribution in [2.75, 3.05) is 6.61 Å². The predicted octanol–water partition coefficient (Wildman–Crippen LogP) is -5.45. The van der Waals surface area contributed by atoms with Gasteiger partial charge in [0.1, 0.15) is 18.9 Å². The van der Waals surface area contributed by atoms with Crippen LogP contribution >= 0.6 is 0 Å². The molecule has 0 saturated heterocycles. The van der Waals surface area contributed by atoms with Crippen LogP contribution in [0.1, 0.15) is 0 Å². The number of aryl methyl sites for hydroxylation is 1. The van der Waals surface area contributed by atoms with Gasteiger partial charge in [0.2, 0.25) is 6.33 Å². The van der Waals surface area contributed by atoms with Gasteiger partial charge < -0.3 is 5.11 Å². The Kier molecular flexibility index (Phi) is 5.62. The summed E-state index contributed by atoms with van der Waals surface area (Å²) in [5, 5.41) is 8.50. The Morgan fingerprint density at radius 2 is 1.86 bits per heavy atom. The summed E-state index contributed by atoms with van der Waals surface area (Å²) in [5.74, 6) is 0. The maximum absolute atomic E-state index is 8.50. The summed E-state index contributed by atoms with van der Waals surface area (Å²) in [6.07, 6.45) is 5.79. The van der Waals surface area contributed by atoms with Crippen LogP contribution in [0.3, 0.4) is 0 Å². The average molecular weight is 227 g/mol. The Balaban J connectivity index is 0.000000292. The van der Waals surface area contributed by atoms with Crippen molar-refractivity contribution in [3.63, 3.8) is 0 Å². The minimum absolute atomic E-state index is 0.203. The molecule has 14 heavy (non-hydrogen) atoms. The molecule has 0 atom stereocenters. The van der Waals surface area contributed by atoms with Gasteiger partial charge in [0.25, 0.3) is 0 Å². The van der Waals surface area contributed by atoms with Gasteiger partial charge in [0, 0.05) is 0 Å². The first-order valence-corrected chi connectivity index (χ1v) is 4.80. The van der Waals surface area contributed by atoms with Gasteiger partial charge in [-0.15, -0.1) is 10.2 Å². The molecule has 1 rings (SSSR count). The highest BCUT2D eigenvalue weighted by molar-refractivity contribution is 4.64. The molecule has 0 spiro atoms. The van der Waals surface area contributed by atoms with Gasteiger partial charge in [-0.3, -0.25) is 0 Å². The van der Waals surface area contributed by atoms with Crippen molar-refractivity contribution in [1.29, 1.82) is 0 Å². The summed E-state index contributed by atoms with van der Waals surface area (Å²) >= 11 is 0. The molecule has 8 heteroatoms. The number of halogens is 1. The van der Waals surface area contributed by atoms with Gasteiger partial charge in [-0.25, -0.2) is 27.8 Å². The van der Waals surface area contributed by atoms with Gasteiger partial charge >= 0.3 is 0 Å². The number of aliphatic hydroxyl groups excluding tert-OH is 1. The lowest BCUT2D eigenvalue weighted by Crippen LogP contribution is -2.68. The minimum atomic E-state index is -4.94. The quantitative estimate of drug-likeness (QED) is 0.505. The molecule has 0 amide bonds. The third-order valence-corrected chi connectivity index (χ3v) is 1.18. The lowest BCUT2D eigenvalue weighted by Gasteiger charge is -2.17. The van der Waals surface area contributed by atoms with E-state index in [0.717, 1.165) is 0 Å². The van der Waals surface area contributed by atoms with E-state index in [0.29, 0.717) is 6.54 Å². The standard InChI is InChI=1S/C6H11N2O.ClHO4/c1-7-2-3-8(6-7)4-5-9;2-1(3,4)5/h2-3,6,9H,4-5H2,1H3;(H,2,3,4,5)/q+1;/p-1. The van der Waals surface area contributed by atoms with Crippen LogP contribution in [0.25, 0.3) is 0 Å². The lowest BCUT2D eigenvalue weighted by molar-refractivity contribution is -2.00. The van der Waals surface area contributed by atoms with E-state index < -0.39 is 10.2 Å². The van der Waals surface area contributed by atoms with Crippen LogP contribution in [0.4, 0.5) is 0 Å². The maximum atomic E-state index is 8.50. The molecule has 1 aromatic heterocycles. The molecule has 0 aliphatic rings. The fraction of sp³-hybridized carbons (Fsp3) is 0.500. The number of nitrogens with zero attached hydrogens (tertiary/aromatic N) is 2. The molecule has 0 bridgehead atoms. The van der Waals surface area contributed by atoms with Crippen LogP contribution in [-0.2, 0) is 13.6 Å². The van der Waals surface area contributed by atoms with Gasteiger partial charge in [-0.05, 0) is 0 Å². The zero-order chi connectivity index (χ0) is 11.2. The molecule has 0 aliphatic carbocycles. The number of hydrogen-bond donors (Lipinski definition) is 1. The van der Waals surface area contributed by atoms with Crippen molar-refractivity contribution in [3.8, 4) is 0 Å². The van der Waals surface area contributed by atoms with Gasteiger partial charge in [-0.1, -0.05) is 0 Å². The van der Waals surface area contributed by atoms with E-state index in [2.05, 4.69) is 0 Å². The number of imidazole rings is 1. The molecular formula is C6H11ClN2O5. The molecule has 1 aromatic rings. The zero-order valence-corrected chi connectivity index (χ0v) is 8.25. The first kappa shape index (κ1) is 13.3. The molecular weight excluding hydrogens is 216 g/mol. The summed E-state index contributed by atoms with van der Waals surface area (Å²) in [7, 11) is -2.99. The Labute approximate surface area is 82.8 Å². The second-order valence-corrected chi connectivity index (χ2v) is 3.17.